The van der Waals surface area contributed by atoms with E-state index < -0.39 is 0 Å². The van der Waals surface area contributed by atoms with Crippen LogP contribution in [0.3, 0.4) is 0 Å². The molecule has 1 saturated heterocycles. The molecule has 5 rings (SSSR count). The summed E-state index contributed by atoms with van der Waals surface area (Å²) in [5, 5.41) is 16.6. The third kappa shape index (κ3) is 6.70. The Morgan fingerprint density at radius 2 is 1.68 bits per heavy atom. The molecule has 0 saturated carbocycles. The molecule has 1 aliphatic rings. The van der Waals surface area contributed by atoms with Crippen LogP contribution in [0.4, 0.5) is 17.3 Å². The molecule has 0 atom stereocenters. The number of rotatable bonds is 7. The first-order valence-corrected chi connectivity index (χ1v) is 13.9. The van der Waals surface area contributed by atoms with Gasteiger partial charge in [-0.05, 0) is 46.9 Å². The van der Waals surface area contributed by atoms with Crippen LogP contribution >= 0.6 is 0 Å². The predicted octanol–water partition coefficient (Wildman–Crippen LogP) is 4.16. The van der Waals surface area contributed by atoms with Crippen molar-refractivity contribution < 1.29 is 9.90 Å². The molecule has 2 heterocycles. The van der Waals surface area contributed by atoms with E-state index in [1.807, 2.05) is 24.3 Å². The lowest BCUT2D eigenvalue weighted by Crippen LogP contribution is -2.43. The normalized spacial score (nSPS) is 13.7. The summed E-state index contributed by atoms with van der Waals surface area (Å²) in [4.78, 5) is 28.8. The summed E-state index contributed by atoms with van der Waals surface area (Å²) in [6.45, 7) is 10.0. The lowest BCUT2D eigenvalue weighted by Gasteiger charge is -2.29. The highest BCUT2D eigenvalue weighted by atomic mass is 16.3. The molecule has 5 N–H and O–H groups in total. The van der Waals surface area contributed by atoms with Crippen molar-refractivity contribution in [3.8, 4) is 11.4 Å². The second-order valence-electron chi connectivity index (χ2n) is 11.3. The topological polar surface area (TPSA) is 129 Å². The highest BCUT2D eigenvalue weighted by Gasteiger charge is 2.18. The van der Waals surface area contributed by atoms with Gasteiger partial charge in [-0.2, -0.15) is 9.97 Å². The fourth-order valence-corrected chi connectivity index (χ4v) is 4.97. The van der Waals surface area contributed by atoms with Crippen LogP contribution in [-0.2, 0) is 18.4 Å². The van der Waals surface area contributed by atoms with Gasteiger partial charge in [-0.15, -0.1) is 0 Å². The fourth-order valence-electron chi connectivity index (χ4n) is 4.97. The first-order valence-electron chi connectivity index (χ1n) is 13.9. The molecule has 0 radical (unpaired) electrons. The van der Waals surface area contributed by atoms with E-state index in [1.165, 1.54) is 5.69 Å². The molecule has 4 aromatic rings. The highest BCUT2D eigenvalue weighted by molar-refractivity contribution is 6.05. The molecule has 41 heavy (non-hydrogen) atoms. The summed E-state index contributed by atoms with van der Waals surface area (Å²) in [6, 6.07) is 21.3. The van der Waals surface area contributed by atoms with Gasteiger partial charge in [-0.3, -0.25) is 4.79 Å². The van der Waals surface area contributed by atoms with Gasteiger partial charge in [0.15, 0.2) is 5.82 Å². The highest BCUT2D eigenvalue weighted by Crippen LogP contribution is 2.29. The molecule has 3 aromatic carbocycles. The van der Waals surface area contributed by atoms with Crippen LogP contribution in [0.25, 0.3) is 11.4 Å². The molecule has 1 fully saturated rings. The van der Waals surface area contributed by atoms with Gasteiger partial charge in [0.1, 0.15) is 5.82 Å². The molecule has 0 spiro atoms. The van der Waals surface area contributed by atoms with Gasteiger partial charge in [0.2, 0.25) is 5.95 Å². The van der Waals surface area contributed by atoms with Gasteiger partial charge in [0.05, 0.1) is 6.61 Å². The molecule has 0 unspecified atom stereocenters. The van der Waals surface area contributed by atoms with E-state index >= 15 is 0 Å². The Morgan fingerprint density at radius 1 is 0.976 bits per heavy atom. The summed E-state index contributed by atoms with van der Waals surface area (Å²) >= 11 is 0. The number of nitrogens with one attached hydrogen (secondary N) is 2. The molecular formula is C32H37N7O2. The smallest absolute Gasteiger partial charge is 0.255 e. The number of aliphatic hydroxyl groups excluding tert-OH is 1. The van der Waals surface area contributed by atoms with Gasteiger partial charge in [0, 0.05) is 60.7 Å². The monoisotopic (exact) mass is 551 g/mol. The van der Waals surface area contributed by atoms with E-state index in [-0.39, 0.29) is 23.9 Å². The molecular weight excluding hydrogens is 514 g/mol. The lowest BCUT2D eigenvalue weighted by atomic mass is 9.86. The first-order chi connectivity index (χ1) is 19.7. The van der Waals surface area contributed by atoms with Gasteiger partial charge in [0.25, 0.3) is 5.91 Å². The molecule has 0 bridgehead atoms. The quantitative estimate of drug-likeness (QED) is 0.269. The Kier molecular flexibility index (Phi) is 8.28. The molecule has 212 valence electrons. The molecule has 0 aliphatic carbocycles. The van der Waals surface area contributed by atoms with Crippen molar-refractivity contribution in [2.75, 3.05) is 42.1 Å². The number of carbonyl (C=O) groups is 1. The van der Waals surface area contributed by atoms with Crippen molar-refractivity contribution >= 4 is 23.2 Å². The minimum atomic E-state index is -0.316. The Morgan fingerprint density at radius 3 is 2.34 bits per heavy atom. The first kappa shape index (κ1) is 28.2. The number of aliphatic hydroxyl groups is 1. The Labute approximate surface area is 240 Å². The third-order valence-electron chi connectivity index (χ3n) is 7.32. The van der Waals surface area contributed by atoms with Gasteiger partial charge < -0.3 is 26.4 Å². The van der Waals surface area contributed by atoms with E-state index in [0.29, 0.717) is 40.4 Å². The van der Waals surface area contributed by atoms with E-state index in [1.54, 1.807) is 18.2 Å². The average Bonchev–Trinajstić information content (AvgIpc) is 2.97. The molecule has 1 amide bonds. The van der Waals surface area contributed by atoms with Crippen molar-refractivity contribution in [2.45, 2.75) is 39.2 Å². The maximum absolute atomic E-state index is 13.1. The number of benzene rings is 3. The number of hydrogen-bond acceptors (Lipinski definition) is 8. The van der Waals surface area contributed by atoms with Crippen molar-refractivity contribution in [1.29, 1.82) is 0 Å². The van der Waals surface area contributed by atoms with Crippen LogP contribution in [-0.4, -0.2) is 52.1 Å². The number of anilines is 3. The van der Waals surface area contributed by atoms with Crippen molar-refractivity contribution in [1.82, 2.24) is 20.3 Å². The average molecular weight is 552 g/mol. The Hall–Kier alpha value is -4.34. The van der Waals surface area contributed by atoms with Crippen LogP contribution in [0, 0.1) is 0 Å². The molecule has 1 aliphatic heterocycles. The third-order valence-corrected chi connectivity index (χ3v) is 7.32. The summed E-state index contributed by atoms with van der Waals surface area (Å²) in [6.07, 6.45) is 0.483. The fraction of sp³-hybridized carbons (Fsp3) is 0.312. The number of carbonyl (C=O) groups excluding carboxylic acids is 1. The van der Waals surface area contributed by atoms with Gasteiger partial charge in [-0.1, -0.05) is 57.2 Å². The van der Waals surface area contributed by atoms with E-state index in [2.05, 4.69) is 75.5 Å². The standard InChI is InChI=1S/C32H37N7O2/c1-32(2,3)23-11-9-22(10-12-23)30(41)35-27-6-4-5-25(26(27)20-40)29-36-28(37-31(33)38-29)19-21-7-13-24(14-8-21)39-17-15-34-16-18-39/h4-14,34,40H,15-20H2,1-3H3,(H,35,41)(H2,33,36,37,38). The zero-order valence-corrected chi connectivity index (χ0v) is 23.8. The lowest BCUT2D eigenvalue weighted by molar-refractivity contribution is 0.102. The van der Waals surface area contributed by atoms with Crippen LogP contribution in [0.1, 0.15) is 53.6 Å². The summed E-state index contributed by atoms with van der Waals surface area (Å²) in [5.41, 5.74) is 11.6. The van der Waals surface area contributed by atoms with Crippen LogP contribution in [0.15, 0.2) is 66.7 Å². The predicted molar refractivity (Wildman–Crippen MR) is 163 cm³/mol. The number of nitrogens with zero attached hydrogens (tertiary/aromatic N) is 4. The number of nitrogens with two attached hydrogens (primary N) is 1. The van der Waals surface area contributed by atoms with Crippen LogP contribution in [0.5, 0.6) is 0 Å². The summed E-state index contributed by atoms with van der Waals surface area (Å²) in [5.74, 6) is 0.705. The number of hydrogen-bond donors (Lipinski definition) is 4. The Bertz CT molecular complexity index is 1510. The molecule has 1 aromatic heterocycles. The second-order valence-corrected chi connectivity index (χ2v) is 11.3. The van der Waals surface area contributed by atoms with Gasteiger partial charge >= 0.3 is 0 Å². The SMILES string of the molecule is CC(C)(C)c1ccc(C(=O)Nc2cccc(-c3nc(N)nc(Cc4ccc(N5CCNCC5)cc4)n3)c2CO)cc1. The van der Waals surface area contributed by atoms with Crippen molar-refractivity contribution in [3.05, 3.63) is 94.8 Å². The minimum Gasteiger partial charge on any atom is -0.392 e. The van der Waals surface area contributed by atoms with E-state index in [9.17, 15) is 9.90 Å². The summed E-state index contributed by atoms with van der Waals surface area (Å²) < 4.78 is 0. The van der Waals surface area contributed by atoms with Crippen molar-refractivity contribution in [2.24, 2.45) is 0 Å². The molecule has 9 nitrogen and oxygen atoms in total. The minimum absolute atomic E-state index is 0.00686. The zero-order chi connectivity index (χ0) is 29.0. The second kappa shape index (κ2) is 12.0. The number of aromatic nitrogens is 3. The van der Waals surface area contributed by atoms with Gasteiger partial charge in [-0.25, -0.2) is 4.98 Å². The molecule has 9 heteroatoms. The maximum atomic E-state index is 13.1. The van der Waals surface area contributed by atoms with Crippen LogP contribution < -0.4 is 21.3 Å². The zero-order valence-electron chi connectivity index (χ0n) is 23.8. The number of amides is 1. The van der Waals surface area contributed by atoms with Crippen molar-refractivity contribution in [3.63, 3.8) is 0 Å². The maximum Gasteiger partial charge on any atom is 0.255 e. The Balaban J connectivity index is 1.36. The number of nitrogen functional groups attached to an aromatic ring is 1. The largest absolute Gasteiger partial charge is 0.392 e. The number of piperazine rings is 1. The van der Waals surface area contributed by atoms with Crippen LogP contribution in [0.2, 0.25) is 0 Å². The summed E-state index contributed by atoms with van der Waals surface area (Å²) in [7, 11) is 0. The van der Waals surface area contributed by atoms with E-state index in [4.69, 9.17) is 5.73 Å². The van der Waals surface area contributed by atoms with E-state index in [0.717, 1.165) is 37.3 Å².